The summed E-state index contributed by atoms with van der Waals surface area (Å²) < 4.78 is 0. The molecule has 3 aromatic carbocycles. The zero-order chi connectivity index (χ0) is 39.5. The first kappa shape index (κ1) is 38.1. The van der Waals surface area contributed by atoms with Crippen LogP contribution in [0.15, 0.2) is 91.3 Å². The zero-order valence-corrected chi connectivity index (χ0v) is 32.7. The quantitative estimate of drug-likeness (QED) is 0.101. The smallest absolute Gasteiger partial charge is 0.404 e. The Hall–Kier alpha value is -5.75. The molecule has 3 aliphatic rings. The molecule has 8 rings (SSSR count). The topological polar surface area (TPSA) is 151 Å². The summed E-state index contributed by atoms with van der Waals surface area (Å²) in [7, 11) is 0. The average Bonchev–Trinajstić information content (AvgIpc) is 4.09. The fraction of sp³-hybridized carbons (Fsp3) is 0.400. The molecule has 0 bridgehead atoms. The van der Waals surface area contributed by atoms with Gasteiger partial charge in [-0.2, -0.15) is 0 Å². The summed E-state index contributed by atoms with van der Waals surface area (Å²) in [6.45, 7) is 7.22. The van der Waals surface area contributed by atoms with Gasteiger partial charge in [0.1, 0.15) is 17.7 Å². The highest BCUT2D eigenvalue weighted by Crippen LogP contribution is 2.38. The Kier molecular flexibility index (Phi) is 11.2. The van der Waals surface area contributed by atoms with E-state index >= 15 is 0 Å². The number of aromatic amines is 2. The summed E-state index contributed by atoms with van der Waals surface area (Å²) in [4.78, 5) is 61.6. The van der Waals surface area contributed by atoms with E-state index in [1.54, 1.807) is 0 Å². The van der Waals surface area contributed by atoms with Gasteiger partial charge in [-0.05, 0) is 85.9 Å². The Balaban J connectivity index is 0.913. The van der Waals surface area contributed by atoms with Crippen LogP contribution in [0.3, 0.4) is 0 Å². The molecule has 3 amide bonds. The molecule has 5 aromatic rings. The first-order valence-electron chi connectivity index (χ1n) is 20.5. The van der Waals surface area contributed by atoms with Crippen LogP contribution in [0.4, 0.5) is 4.79 Å². The van der Waals surface area contributed by atoms with Gasteiger partial charge in [0.2, 0.25) is 11.8 Å². The summed E-state index contributed by atoms with van der Waals surface area (Å²) >= 11 is 0. The van der Waals surface area contributed by atoms with Crippen molar-refractivity contribution in [3.63, 3.8) is 0 Å². The maximum absolute atomic E-state index is 14.2. The SMILES string of the molecule is CCN(CC)C(C(=O)N1CCCC1c1ncc(-c2ccc(-c3ccc(-c4cnc([C@@H]5CCCN5C(=O)[C@H]5CC[C@@H](NC(=O)O)C5)[nH]4)cc3)cc2)[nH]1)c1ccccc1. The molecule has 3 fully saturated rings. The number of carbonyl (C=O) groups is 3. The Morgan fingerprint density at radius 2 is 1.26 bits per heavy atom. The number of imidazole rings is 2. The van der Waals surface area contributed by atoms with E-state index in [4.69, 9.17) is 15.1 Å². The van der Waals surface area contributed by atoms with Gasteiger partial charge in [0.05, 0.1) is 35.9 Å². The number of amides is 3. The lowest BCUT2D eigenvalue weighted by Gasteiger charge is -2.34. The third-order valence-corrected chi connectivity index (χ3v) is 12.3. The van der Waals surface area contributed by atoms with Crippen LogP contribution in [0.5, 0.6) is 0 Å². The molecule has 5 atom stereocenters. The number of likely N-dealkylation sites (N-methyl/N-ethyl adjacent to an activating group) is 1. The second-order valence-electron chi connectivity index (χ2n) is 15.6. The Morgan fingerprint density at radius 3 is 1.81 bits per heavy atom. The van der Waals surface area contributed by atoms with Crippen LogP contribution < -0.4 is 5.32 Å². The summed E-state index contributed by atoms with van der Waals surface area (Å²) in [6.07, 6.45) is 8.21. The number of nitrogens with one attached hydrogen (secondary N) is 3. The lowest BCUT2D eigenvalue weighted by atomic mass is 10.0. The number of carboxylic acid groups (broad SMARTS) is 1. The summed E-state index contributed by atoms with van der Waals surface area (Å²) in [6, 6.07) is 26.3. The number of aromatic nitrogens is 4. The molecule has 4 heterocycles. The predicted octanol–water partition coefficient (Wildman–Crippen LogP) is 7.98. The van der Waals surface area contributed by atoms with Crippen LogP contribution in [0.25, 0.3) is 33.6 Å². The van der Waals surface area contributed by atoms with E-state index in [1.807, 2.05) is 40.4 Å². The molecule has 296 valence electrons. The maximum atomic E-state index is 14.2. The van der Waals surface area contributed by atoms with Gasteiger partial charge in [0, 0.05) is 25.0 Å². The van der Waals surface area contributed by atoms with E-state index in [0.717, 1.165) is 96.2 Å². The van der Waals surface area contributed by atoms with E-state index in [9.17, 15) is 14.4 Å². The fourth-order valence-electron chi connectivity index (χ4n) is 9.26. The van der Waals surface area contributed by atoms with Gasteiger partial charge in [-0.3, -0.25) is 14.5 Å². The molecule has 1 saturated carbocycles. The minimum atomic E-state index is -1.04. The van der Waals surface area contributed by atoms with Crippen LogP contribution in [-0.2, 0) is 9.59 Å². The second kappa shape index (κ2) is 16.8. The third-order valence-electron chi connectivity index (χ3n) is 12.3. The molecule has 57 heavy (non-hydrogen) atoms. The van der Waals surface area contributed by atoms with Gasteiger partial charge in [-0.25, -0.2) is 14.8 Å². The number of benzene rings is 3. The molecule has 0 spiro atoms. The lowest BCUT2D eigenvalue weighted by Crippen LogP contribution is -2.43. The summed E-state index contributed by atoms with van der Waals surface area (Å²) in [5.74, 6) is 1.69. The van der Waals surface area contributed by atoms with E-state index in [1.165, 1.54) is 0 Å². The molecule has 12 nitrogen and oxygen atoms in total. The van der Waals surface area contributed by atoms with Crippen LogP contribution >= 0.6 is 0 Å². The van der Waals surface area contributed by atoms with Crippen LogP contribution in [-0.4, -0.2) is 89.9 Å². The van der Waals surface area contributed by atoms with Crippen molar-refractivity contribution in [2.45, 2.75) is 83.0 Å². The van der Waals surface area contributed by atoms with E-state index < -0.39 is 6.09 Å². The molecule has 2 aromatic heterocycles. The summed E-state index contributed by atoms with van der Waals surface area (Å²) in [5, 5.41) is 11.6. The van der Waals surface area contributed by atoms with Gasteiger partial charge in [0.25, 0.3) is 0 Å². The van der Waals surface area contributed by atoms with Gasteiger partial charge < -0.3 is 30.2 Å². The standard InChI is InChI=1S/C45H52N8O4/c1-3-51(4-2)40(33-10-6-5-7-11-33)44(55)53-25-9-13-39(53)42-47-28-37(50-42)32-20-16-30(17-21-32)29-14-18-31(19-15-29)36-27-46-41(49-36)38-12-8-24-52(38)43(54)34-22-23-35(26-34)48-45(56)57/h5-7,10-11,14-21,27-28,34-35,38-40,48H,3-4,8-9,12-13,22-26H2,1-2H3,(H,46,49)(H,47,50)(H,56,57)/t34-,35+,38-,39?,40?/m0/s1. The van der Waals surface area contributed by atoms with Gasteiger partial charge in [0.15, 0.2) is 0 Å². The third kappa shape index (κ3) is 7.96. The lowest BCUT2D eigenvalue weighted by molar-refractivity contribution is -0.138. The molecule has 0 radical (unpaired) electrons. The van der Waals surface area contributed by atoms with Crippen molar-refractivity contribution in [3.05, 3.63) is 108 Å². The predicted molar refractivity (Wildman–Crippen MR) is 219 cm³/mol. The number of hydrogen-bond donors (Lipinski definition) is 4. The van der Waals surface area contributed by atoms with Crippen molar-refractivity contribution in [1.29, 1.82) is 0 Å². The first-order valence-corrected chi connectivity index (χ1v) is 20.5. The van der Waals surface area contributed by atoms with E-state index in [2.05, 4.69) is 94.7 Å². The van der Waals surface area contributed by atoms with E-state index in [0.29, 0.717) is 25.8 Å². The minimum absolute atomic E-state index is 0.0916. The highest BCUT2D eigenvalue weighted by molar-refractivity contribution is 5.84. The minimum Gasteiger partial charge on any atom is -0.465 e. The summed E-state index contributed by atoms with van der Waals surface area (Å²) in [5.41, 5.74) is 7.09. The number of hydrogen-bond acceptors (Lipinski definition) is 6. The molecule has 2 unspecified atom stereocenters. The average molecular weight is 769 g/mol. The van der Waals surface area contributed by atoms with Crippen molar-refractivity contribution < 1.29 is 19.5 Å². The fourth-order valence-corrected chi connectivity index (χ4v) is 9.26. The number of likely N-dealkylation sites (tertiary alicyclic amines) is 2. The molecule has 4 N–H and O–H groups in total. The number of H-pyrrole nitrogens is 2. The monoisotopic (exact) mass is 768 g/mol. The van der Waals surface area contributed by atoms with Gasteiger partial charge in [-0.1, -0.05) is 92.7 Å². The van der Waals surface area contributed by atoms with E-state index in [-0.39, 0.29) is 41.9 Å². The second-order valence-corrected chi connectivity index (χ2v) is 15.6. The maximum Gasteiger partial charge on any atom is 0.404 e. The Morgan fingerprint density at radius 1 is 0.737 bits per heavy atom. The van der Waals surface area contributed by atoms with Crippen molar-refractivity contribution in [2.75, 3.05) is 26.2 Å². The van der Waals surface area contributed by atoms with Crippen LogP contribution in [0.1, 0.15) is 94.1 Å². The van der Waals surface area contributed by atoms with Crippen LogP contribution in [0.2, 0.25) is 0 Å². The van der Waals surface area contributed by atoms with Crippen molar-refractivity contribution in [2.24, 2.45) is 5.92 Å². The Labute approximate surface area is 333 Å². The first-order chi connectivity index (χ1) is 27.8. The van der Waals surface area contributed by atoms with Crippen molar-refractivity contribution in [1.82, 2.24) is 40.0 Å². The Bertz CT molecular complexity index is 2160. The van der Waals surface area contributed by atoms with Gasteiger partial charge >= 0.3 is 6.09 Å². The highest BCUT2D eigenvalue weighted by Gasteiger charge is 2.40. The molecular formula is C45H52N8O4. The number of rotatable bonds is 12. The molecular weight excluding hydrogens is 717 g/mol. The molecule has 1 aliphatic carbocycles. The molecule has 2 aliphatic heterocycles. The normalized spacial score (nSPS) is 21.3. The zero-order valence-electron chi connectivity index (χ0n) is 32.7. The largest absolute Gasteiger partial charge is 0.465 e. The van der Waals surface area contributed by atoms with Gasteiger partial charge in [-0.15, -0.1) is 0 Å². The highest BCUT2D eigenvalue weighted by atomic mass is 16.4. The number of carbonyl (C=O) groups excluding carboxylic acids is 2. The van der Waals surface area contributed by atoms with Crippen LogP contribution in [0, 0.1) is 5.92 Å². The molecule has 12 heteroatoms. The number of nitrogens with zero attached hydrogens (tertiary/aromatic N) is 5. The van der Waals surface area contributed by atoms with Crippen molar-refractivity contribution in [3.8, 4) is 33.6 Å². The van der Waals surface area contributed by atoms with Crippen molar-refractivity contribution >= 4 is 17.9 Å². The molecule has 2 saturated heterocycles.